The van der Waals surface area contributed by atoms with Crippen molar-refractivity contribution in [3.05, 3.63) is 65.6 Å². The zero-order valence-electron chi connectivity index (χ0n) is 17.5. The summed E-state index contributed by atoms with van der Waals surface area (Å²) >= 11 is 0. The van der Waals surface area contributed by atoms with Gasteiger partial charge in [0.2, 0.25) is 5.91 Å². The lowest BCUT2D eigenvalue weighted by Gasteiger charge is -2.32. The van der Waals surface area contributed by atoms with Crippen LogP contribution in [0.5, 0.6) is 0 Å². The zero-order chi connectivity index (χ0) is 20.1. The number of pyridine rings is 1. The van der Waals surface area contributed by atoms with Crippen LogP contribution in [0.3, 0.4) is 0 Å². The molecule has 4 rings (SSSR count). The van der Waals surface area contributed by atoms with Gasteiger partial charge in [-0.15, -0.1) is 0 Å². The molecule has 4 nitrogen and oxygen atoms in total. The highest BCUT2D eigenvalue weighted by molar-refractivity contribution is 5.85. The summed E-state index contributed by atoms with van der Waals surface area (Å²) in [5.74, 6) is 0.779. The number of amides is 1. The van der Waals surface area contributed by atoms with Crippen LogP contribution in [0.2, 0.25) is 0 Å². The van der Waals surface area contributed by atoms with E-state index >= 15 is 0 Å². The van der Waals surface area contributed by atoms with Crippen molar-refractivity contribution in [1.29, 1.82) is 0 Å². The Kier molecular flexibility index (Phi) is 6.50. The van der Waals surface area contributed by atoms with E-state index in [9.17, 15) is 4.79 Å². The molecule has 0 atom stereocenters. The average molecular weight is 378 g/mol. The number of fused-ring (bicyclic) bond motifs is 1. The minimum atomic E-state index is 0.210. The summed E-state index contributed by atoms with van der Waals surface area (Å²) in [6, 6.07) is 10.8. The molecular weight excluding hydrogens is 346 g/mol. The Bertz CT molecular complexity index is 936. The van der Waals surface area contributed by atoms with Gasteiger partial charge in [-0.2, -0.15) is 0 Å². The van der Waals surface area contributed by atoms with Crippen molar-refractivity contribution in [2.45, 2.75) is 53.0 Å². The Morgan fingerprint density at radius 3 is 2.61 bits per heavy atom. The smallest absolute Gasteiger partial charge is 0.242 e. The van der Waals surface area contributed by atoms with Gasteiger partial charge < -0.3 is 9.47 Å². The molecular formula is C24H31N3O. The summed E-state index contributed by atoms with van der Waals surface area (Å²) in [5.41, 5.74) is 4.97. The van der Waals surface area contributed by atoms with Crippen LogP contribution in [0.15, 0.2) is 48.9 Å². The highest BCUT2D eigenvalue weighted by Gasteiger charge is 2.24. The van der Waals surface area contributed by atoms with Crippen molar-refractivity contribution in [2.24, 2.45) is 0 Å². The lowest BCUT2D eigenvalue weighted by Crippen LogP contribution is -2.39. The predicted octanol–water partition coefficient (Wildman–Crippen LogP) is 5.09. The lowest BCUT2D eigenvalue weighted by atomic mass is 9.88. The van der Waals surface area contributed by atoms with E-state index in [0.29, 0.717) is 12.5 Å². The molecule has 0 aliphatic carbocycles. The highest BCUT2D eigenvalue weighted by atomic mass is 16.2. The van der Waals surface area contributed by atoms with Crippen LogP contribution in [0.4, 0.5) is 0 Å². The maximum absolute atomic E-state index is 12.8. The van der Waals surface area contributed by atoms with Crippen LogP contribution in [-0.2, 0) is 11.3 Å². The van der Waals surface area contributed by atoms with Crippen LogP contribution in [-0.4, -0.2) is 33.4 Å². The van der Waals surface area contributed by atoms with Gasteiger partial charge in [-0.25, -0.2) is 0 Å². The van der Waals surface area contributed by atoms with E-state index in [2.05, 4.69) is 53.9 Å². The molecule has 0 unspecified atom stereocenters. The second-order valence-electron chi connectivity index (χ2n) is 7.40. The average Bonchev–Trinajstić information content (AvgIpc) is 3.05. The standard InChI is InChI=1S/C22H25N3O.C2H6/c1-16-4-3-5-19(12-16)18-7-10-24(11-8-18)22(26)15-25-14-17(2)20-13-23-9-6-21(20)25;1-2/h3-6,9,12-14,18H,7-8,10-11,15H2,1-2H3;1-2H3. The van der Waals surface area contributed by atoms with Gasteiger partial charge in [-0.3, -0.25) is 9.78 Å². The molecule has 3 heterocycles. The topological polar surface area (TPSA) is 38.1 Å². The van der Waals surface area contributed by atoms with Gasteiger partial charge in [0.1, 0.15) is 6.54 Å². The van der Waals surface area contributed by atoms with Crippen LogP contribution in [0, 0.1) is 13.8 Å². The van der Waals surface area contributed by atoms with Gasteiger partial charge in [-0.1, -0.05) is 43.7 Å². The first-order chi connectivity index (χ1) is 13.6. The van der Waals surface area contributed by atoms with Crippen LogP contribution in [0.25, 0.3) is 10.9 Å². The quantitative estimate of drug-likeness (QED) is 0.638. The number of benzene rings is 1. The maximum atomic E-state index is 12.8. The number of aromatic nitrogens is 2. The first kappa shape index (κ1) is 20.1. The summed E-state index contributed by atoms with van der Waals surface area (Å²) in [6.45, 7) is 10.3. The number of carbonyl (C=O) groups is 1. The van der Waals surface area contributed by atoms with Crippen molar-refractivity contribution < 1.29 is 4.79 Å². The monoisotopic (exact) mass is 377 g/mol. The van der Waals surface area contributed by atoms with Gasteiger partial charge >= 0.3 is 0 Å². The summed E-state index contributed by atoms with van der Waals surface area (Å²) in [5, 5.41) is 1.12. The minimum absolute atomic E-state index is 0.210. The summed E-state index contributed by atoms with van der Waals surface area (Å²) in [7, 11) is 0. The number of likely N-dealkylation sites (tertiary alicyclic amines) is 1. The Labute approximate surface area is 168 Å². The number of hydrogen-bond acceptors (Lipinski definition) is 2. The number of piperidine rings is 1. The van der Waals surface area contributed by atoms with Gasteiger partial charge in [0.05, 0.1) is 5.52 Å². The second kappa shape index (κ2) is 9.05. The Morgan fingerprint density at radius 1 is 1.14 bits per heavy atom. The molecule has 0 radical (unpaired) electrons. The van der Waals surface area contributed by atoms with E-state index in [4.69, 9.17) is 0 Å². The van der Waals surface area contributed by atoms with Gasteiger partial charge in [-0.05, 0) is 49.8 Å². The third kappa shape index (κ3) is 4.27. The van der Waals surface area contributed by atoms with Gasteiger partial charge in [0, 0.05) is 37.1 Å². The fourth-order valence-corrected chi connectivity index (χ4v) is 4.08. The number of aryl methyl sites for hydroxylation is 2. The normalized spacial score (nSPS) is 14.6. The molecule has 1 aliphatic heterocycles. The number of rotatable bonds is 3. The minimum Gasteiger partial charge on any atom is -0.341 e. The van der Waals surface area contributed by atoms with E-state index < -0.39 is 0 Å². The Hall–Kier alpha value is -2.62. The molecule has 1 aliphatic rings. The Morgan fingerprint density at radius 2 is 1.89 bits per heavy atom. The second-order valence-corrected chi connectivity index (χ2v) is 7.40. The molecule has 1 fully saturated rings. The van der Waals surface area contributed by atoms with Gasteiger partial charge in [0.15, 0.2) is 0 Å². The molecule has 4 heteroatoms. The van der Waals surface area contributed by atoms with Crippen molar-refractivity contribution in [3.63, 3.8) is 0 Å². The molecule has 0 saturated carbocycles. The fraction of sp³-hybridized carbons (Fsp3) is 0.417. The molecule has 1 saturated heterocycles. The summed E-state index contributed by atoms with van der Waals surface area (Å²) < 4.78 is 2.06. The SMILES string of the molecule is CC.Cc1cccc(C2CCN(C(=O)Cn3cc(C)c4cnccc43)CC2)c1. The molecule has 1 amide bonds. The molecule has 28 heavy (non-hydrogen) atoms. The molecule has 0 bridgehead atoms. The third-order valence-electron chi connectivity index (χ3n) is 5.55. The lowest BCUT2D eigenvalue weighted by molar-refractivity contribution is -0.132. The maximum Gasteiger partial charge on any atom is 0.242 e. The van der Waals surface area contributed by atoms with E-state index in [1.54, 1.807) is 6.20 Å². The van der Waals surface area contributed by atoms with Crippen molar-refractivity contribution >= 4 is 16.8 Å². The van der Waals surface area contributed by atoms with Gasteiger partial charge in [0.25, 0.3) is 0 Å². The first-order valence-electron chi connectivity index (χ1n) is 10.4. The Balaban J connectivity index is 0.00000109. The number of nitrogens with zero attached hydrogens (tertiary/aromatic N) is 3. The zero-order valence-corrected chi connectivity index (χ0v) is 17.5. The van der Waals surface area contributed by atoms with Crippen molar-refractivity contribution in [2.75, 3.05) is 13.1 Å². The van der Waals surface area contributed by atoms with E-state index in [0.717, 1.165) is 36.8 Å². The molecule has 2 aromatic heterocycles. The van der Waals surface area contributed by atoms with E-state index in [-0.39, 0.29) is 5.91 Å². The first-order valence-corrected chi connectivity index (χ1v) is 10.4. The van der Waals surface area contributed by atoms with E-state index in [1.807, 2.05) is 31.0 Å². The van der Waals surface area contributed by atoms with E-state index in [1.165, 1.54) is 16.7 Å². The third-order valence-corrected chi connectivity index (χ3v) is 5.55. The molecule has 148 valence electrons. The summed E-state index contributed by atoms with van der Waals surface area (Å²) in [6.07, 6.45) is 7.81. The molecule has 3 aromatic rings. The largest absolute Gasteiger partial charge is 0.341 e. The highest BCUT2D eigenvalue weighted by Crippen LogP contribution is 2.29. The van der Waals surface area contributed by atoms with Crippen LogP contribution in [0.1, 0.15) is 49.3 Å². The van der Waals surface area contributed by atoms with Crippen LogP contribution < -0.4 is 0 Å². The number of carbonyl (C=O) groups excluding carboxylic acids is 1. The molecule has 0 N–H and O–H groups in total. The fourth-order valence-electron chi connectivity index (χ4n) is 4.08. The molecule has 0 spiro atoms. The predicted molar refractivity (Wildman–Crippen MR) is 116 cm³/mol. The van der Waals surface area contributed by atoms with Crippen molar-refractivity contribution in [1.82, 2.24) is 14.5 Å². The van der Waals surface area contributed by atoms with Crippen molar-refractivity contribution in [3.8, 4) is 0 Å². The van der Waals surface area contributed by atoms with Crippen LogP contribution >= 0.6 is 0 Å². The molecule has 1 aromatic carbocycles. The number of hydrogen-bond donors (Lipinski definition) is 0. The summed E-state index contributed by atoms with van der Waals surface area (Å²) in [4.78, 5) is 19.0.